The average Bonchev–Trinajstić information content (AvgIpc) is 3.29. The predicted molar refractivity (Wildman–Crippen MR) is 135 cm³/mol. The summed E-state index contributed by atoms with van der Waals surface area (Å²) in [6, 6.07) is 15.4. The minimum absolute atomic E-state index is 0.155. The Morgan fingerprint density at radius 3 is 2.36 bits per heavy atom. The minimum atomic E-state index is -0.155. The van der Waals surface area contributed by atoms with Crippen molar-refractivity contribution in [3.63, 3.8) is 0 Å². The Balaban J connectivity index is 1.56. The van der Waals surface area contributed by atoms with E-state index >= 15 is 0 Å². The summed E-state index contributed by atoms with van der Waals surface area (Å²) >= 11 is 0. The van der Waals surface area contributed by atoms with Gasteiger partial charge < -0.3 is 20.4 Å². The van der Waals surface area contributed by atoms with E-state index in [1.165, 1.54) is 27.7 Å². The molecule has 170 valence electrons. The quantitative estimate of drug-likeness (QED) is 0.455. The van der Waals surface area contributed by atoms with Crippen LogP contribution in [0.4, 0.5) is 11.6 Å². The third-order valence-electron chi connectivity index (χ3n) is 7.25. The molecular formula is C27H31N5O. The monoisotopic (exact) mass is 441 g/mol. The van der Waals surface area contributed by atoms with E-state index in [-0.39, 0.29) is 5.41 Å². The second kappa shape index (κ2) is 8.52. The number of nitrogens with one attached hydrogen (secondary N) is 1. The van der Waals surface area contributed by atoms with Crippen molar-refractivity contribution < 1.29 is 4.74 Å². The number of benzene rings is 2. The number of fused-ring (bicyclic) bond motifs is 1. The normalized spacial score (nSPS) is 16.3. The van der Waals surface area contributed by atoms with E-state index < -0.39 is 0 Å². The van der Waals surface area contributed by atoms with Crippen LogP contribution in [0.2, 0.25) is 0 Å². The largest absolute Gasteiger partial charge is 0.378 e. The number of nitrogens with two attached hydrogens (primary N) is 1. The molecule has 1 atom stereocenters. The maximum atomic E-state index is 5.64. The van der Waals surface area contributed by atoms with Gasteiger partial charge in [-0.15, -0.1) is 0 Å². The van der Waals surface area contributed by atoms with Crippen LogP contribution in [0, 0.1) is 5.92 Å². The lowest BCUT2D eigenvalue weighted by Gasteiger charge is -2.35. The molecule has 0 spiro atoms. The van der Waals surface area contributed by atoms with Gasteiger partial charge in [-0.05, 0) is 28.7 Å². The Bertz CT molecular complexity index is 1240. The Kier molecular flexibility index (Phi) is 5.54. The second-order valence-corrected chi connectivity index (χ2v) is 9.27. The smallest absolute Gasteiger partial charge is 0.219 e. The molecule has 0 aliphatic carbocycles. The topological polar surface area (TPSA) is 80.1 Å². The van der Waals surface area contributed by atoms with Crippen LogP contribution in [-0.2, 0) is 10.2 Å². The van der Waals surface area contributed by atoms with E-state index in [0.717, 1.165) is 37.4 Å². The van der Waals surface area contributed by atoms with Crippen LogP contribution in [0.15, 0.2) is 61.1 Å². The first-order valence-corrected chi connectivity index (χ1v) is 11.6. The van der Waals surface area contributed by atoms with Crippen molar-refractivity contribution in [1.29, 1.82) is 0 Å². The van der Waals surface area contributed by atoms with E-state index in [1.54, 1.807) is 12.4 Å². The third-order valence-corrected chi connectivity index (χ3v) is 7.25. The molecule has 0 amide bonds. The molecule has 6 heteroatoms. The molecule has 4 aromatic rings. The van der Waals surface area contributed by atoms with Gasteiger partial charge in [-0.3, -0.25) is 0 Å². The lowest BCUT2D eigenvalue weighted by molar-refractivity contribution is 0.123. The summed E-state index contributed by atoms with van der Waals surface area (Å²) in [5, 5.41) is 1.28. The molecule has 3 N–H and O–H groups in total. The molecule has 6 nitrogen and oxygen atoms in total. The van der Waals surface area contributed by atoms with Gasteiger partial charge in [0.1, 0.15) is 0 Å². The average molecular weight is 442 g/mol. The van der Waals surface area contributed by atoms with Crippen molar-refractivity contribution in [2.45, 2.75) is 26.2 Å². The summed E-state index contributed by atoms with van der Waals surface area (Å²) in [5.74, 6) is 0.688. The molecule has 1 saturated heterocycles. The number of hydrogen-bond acceptors (Lipinski definition) is 5. The zero-order valence-corrected chi connectivity index (χ0v) is 19.5. The highest BCUT2D eigenvalue weighted by molar-refractivity contribution is 5.95. The lowest BCUT2D eigenvalue weighted by Crippen LogP contribution is -2.36. The summed E-state index contributed by atoms with van der Waals surface area (Å²) in [4.78, 5) is 14.3. The number of nitrogen functional groups attached to an aromatic ring is 1. The number of hydrogen-bond donors (Lipinski definition) is 2. The number of H-pyrrole nitrogens is 1. The summed E-state index contributed by atoms with van der Waals surface area (Å²) in [7, 11) is 0. The Hall–Kier alpha value is -3.38. The van der Waals surface area contributed by atoms with Crippen molar-refractivity contribution in [3.05, 3.63) is 72.2 Å². The maximum absolute atomic E-state index is 5.64. The van der Waals surface area contributed by atoms with Gasteiger partial charge in [0.25, 0.3) is 0 Å². The molecule has 33 heavy (non-hydrogen) atoms. The van der Waals surface area contributed by atoms with Gasteiger partial charge in [0, 0.05) is 48.0 Å². The number of morpholine rings is 1. The number of aromatic amines is 1. The first-order chi connectivity index (χ1) is 16.0. The first kappa shape index (κ1) is 21.5. The zero-order valence-electron chi connectivity index (χ0n) is 19.5. The molecule has 2 aromatic heterocycles. The van der Waals surface area contributed by atoms with Crippen LogP contribution in [0.25, 0.3) is 22.0 Å². The fraction of sp³-hybridized carbons (Fsp3) is 0.333. The number of nitrogens with zero attached hydrogens (tertiary/aromatic N) is 3. The number of rotatable bonds is 5. The summed E-state index contributed by atoms with van der Waals surface area (Å²) in [6.45, 7) is 10.3. The molecular weight excluding hydrogens is 410 g/mol. The molecule has 5 rings (SSSR count). The molecule has 1 fully saturated rings. The van der Waals surface area contributed by atoms with Crippen molar-refractivity contribution >= 4 is 22.5 Å². The van der Waals surface area contributed by atoms with Crippen molar-refractivity contribution in [1.82, 2.24) is 15.0 Å². The molecule has 1 unspecified atom stereocenters. The fourth-order valence-electron chi connectivity index (χ4n) is 4.93. The Morgan fingerprint density at radius 1 is 1.00 bits per heavy atom. The van der Waals surface area contributed by atoms with Crippen LogP contribution < -0.4 is 10.6 Å². The lowest BCUT2D eigenvalue weighted by atomic mass is 9.68. The molecule has 0 bridgehead atoms. The van der Waals surface area contributed by atoms with E-state index in [0.29, 0.717) is 11.9 Å². The SMILES string of the molecule is CC(C)C(C)(c1ccc(-c2cnc(N)nc2)cc1)c1c[nH]c2c(N3CCOCC3)cccc12. The summed E-state index contributed by atoms with van der Waals surface area (Å²) in [5.41, 5.74) is 12.6. The van der Waals surface area contributed by atoms with Gasteiger partial charge in [0.15, 0.2) is 0 Å². The third kappa shape index (κ3) is 3.74. The van der Waals surface area contributed by atoms with E-state index in [2.05, 4.69) is 89.3 Å². The van der Waals surface area contributed by atoms with Crippen molar-refractivity contribution in [3.8, 4) is 11.1 Å². The van der Waals surface area contributed by atoms with Gasteiger partial charge in [0.2, 0.25) is 5.95 Å². The Morgan fingerprint density at radius 2 is 1.70 bits per heavy atom. The molecule has 0 radical (unpaired) electrons. The van der Waals surface area contributed by atoms with Crippen LogP contribution in [-0.4, -0.2) is 41.3 Å². The zero-order chi connectivity index (χ0) is 23.0. The number of anilines is 2. The van der Waals surface area contributed by atoms with E-state index in [9.17, 15) is 0 Å². The highest BCUT2D eigenvalue weighted by atomic mass is 16.5. The van der Waals surface area contributed by atoms with E-state index in [1.807, 2.05) is 0 Å². The molecule has 3 heterocycles. The molecule has 2 aromatic carbocycles. The van der Waals surface area contributed by atoms with Crippen LogP contribution in [0.1, 0.15) is 31.9 Å². The molecule has 1 aliphatic rings. The van der Waals surface area contributed by atoms with Crippen LogP contribution in [0.3, 0.4) is 0 Å². The Labute approximate surface area is 194 Å². The fourth-order valence-corrected chi connectivity index (χ4v) is 4.93. The summed E-state index contributed by atoms with van der Waals surface area (Å²) < 4.78 is 5.56. The van der Waals surface area contributed by atoms with Gasteiger partial charge in [-0.25, -0.2) is 9.97 Å². The van der Waals surface area contributed by atoms with Gasteiger partial charge >= 0.3 is 0 Å². The van der Waals surface area contributed by atoms with Crippen LogP contribution >= 0.6 is 0 Å². The van der Waals surface area contributed by atoms with Crippen molar-refractivity contribution in [2.24, 2.45) is 5.92 Å². The number of aromatic nitrogens is 3. The van der Waals surface area contributed by atoms with Crippen molar-refractivity contribution in [2.75, 3.05) is 36.9 Å². The first-order valence-electron chi connectivity index (χ1n) is 11.6. The number of ether oxygens (including phenoxy) is 1. The predicted octanol–water partition coefficient (Wildman–Crippen LogP) is 5.01. The standard InChI is InChI=1S/C27H31N5O/c1-18(2)27(3,21-9-7-19(8-10-21)20-15-30-26(28)31-16-20)23-17-29-25-22(23)5-4-6-24(25)32-11-13-33-14-12-32/h4-10,15-18,29H,11-14H2,1-3H3,(H2,28,30,31). The van der Waals surface area contributed by atoms with E-state index in [4.69, 9.17) is 10.5 Å². The van der Waals surface area contributed by atoms with Gasteiger partial charge in [-0.1, -0.05) is 57.2 Å². The second-order valence-electron chi connectivity index (χ2n) is 9.27. The highest BCUT2D eigenvalue weighted by Crippen LogP contribution is 2.44. The molecule has 0 saturated carbocycles. The minimum Gasteiger partial charge on any atom is -0.378 e. The van der Waals surface area contributed by atoms with Gasteiger partial charge in [-0.2, -0.15) is 0 Å². The maximum Gasteiger partial charge on any atom is 0.219 e. The molecule has 1 aliphatic heterocycles. The highest BCUT2D eigenvalue weighted by Gasteiger charge is 2.35. The summed E-state index contributed by atoms with van der Waals surface area (Å²) in [6.07, 6.45) is 5.74. The van der Waals surface area contributed by atoms with Gasteiger partial charge in [0.05, 0.1) is 24.4 Å². The van der Waals surface area contributed by atoms with Crippen LogP contribution in [0.5, 0.6) is 0 Å². The number of para-hydroxylation sites is 1.